The molecule has 0 bridgehead atoms. The number of fused-ring (bicyclic) bond motifs is 1. The summed E-state index contributed by atoms with van der Waals surface area (Å²) in [6, 6.07) is 17.4. The van der Waals surface area contributed by atoms with Crippen LogP contribution in [0, 0.1) is 6.92 Å². The van der Waals surface area contributed by atoms with Gasteiger partial charge in [0.2, 0.25) is 0 Å². The molecule has 0 spiro atoms. The molecule has 28 heavy (non-hydrogen) atoms. The van der Waals surface area contributed by atoms with Crippen molar-refractivity contribution in [1.29, 1.82) is 0 Å². The molecule has 1 aliphatic heterocycles. The minimum Gasteiger partial charge on any atom is -0.492 e. The van der Waals surface area contributed by atoms with Gasteiger partial charge in [-0.05, 0) is 31.2 Å². The van der Waals surface area contributed by atoms with E-state index in [4.69, 9.17) is 4.74 Å². The van der Waals surface area contributed by atoms with Gasteiger partial charge in [0.15, 0.2) is 0 Å². The van der Waals surface area contributed by atoms with Gasteiger partial charge in [0, 0.05) is 51.0 Å². The zero-order valence-electron chi connectivity index (χ0n) is 16.3. The Morgan fingerprint density at radius 1 is 0.964 bits per heavy atom. The van der Waals surface area contributed by atoms with Crippen molar-refractivity contribution in [2.24, 2.45) is 0 Å². The Bertz CT molecular complexity index is 979. The van der Waals surface area contributed by atoms with E-state index in [0.29, 0.717) is 13.2 Å². The molecular weight excluding hydrogens is 352 g/mol. The van der Waals surface area contributed by atoms with Crippen LogP contribution in [0.2, 0.25) is 0 Å². The van der Waals surface area contributed by atoms with E-state index in [1.807, 2.05) is 55.5 Å². The van der Waals surface area contributed by atoms with Gasteiger partial charge in [0.1, 0.15) is 18.0 Å². The van der Waals surface area contributed by atoms with Gasteiger partial charge in [-0.1, -0.05) is 24.3 Å². The summed E-state index contributed by atoms with van der Waals surface area (Å²) in [6.07, 6.45) is 0. The van der Waals surface area contributed by atoms with Gasteiger partial charge in [0.25, 0.3) is 5.56 Å². The molecular formula is C22H26N4O2. The van der Waals surface area contributed by atoms with Gasteiger partial charge < -0.3 is 4.74 Å². The zero-order chi connectivity index (χ0) is 19.3. The van der Waals surface area contributed by atoms with Crippen molar-refractivity contribution in [2.75, 3.05) is 39.3 Å². The molecule has 3 heterocycles. The molecule has 0 saturated carbocycles. The lowest BCUT2D eigenvalue weighted by Gasteiger charge is -2.34. The Morgan fingerprint density at radius 2 is 1.71 bits per heavy atom. The fourth-order valence-electron chi connectivity index (χ4n) is 3.65. The SMILES string of the molecule is Cc1cccc2nc(CN3CCN(CCOc4ccccc4)CC3)cc(=O)n12. The third kappa shape index (κ3) is 4.40. The van der Waals surface area contributed by atoms with E-state index in [1.165, 1.54) is 0 Å². The number of rotatable bonds is 6. The Hall–Kier alpha value is -2.70. The number of para-hydroxylation sites is 1. The highest BCUT2D eigenvalue weighted by Gasteiger charge is 2.18. The second-order valence-electron chi connectivity index (χ2n) is 7.23. The molecule has 0 atom stereocenters. The van der Waals surface area contributed by atoms with Crippen LogP contribution in [0.15, 0.2) is 59.4 Å². The zero-order valence-corrected chi connectivity index (χ0v) is 16.3. The first-order valence-electron chi connectivity index (χ1n) is 9.80. The lowest BCUT2D eigenvalue weighted by atomic mass is 10.2. The van der Waals surface area contributed by atoms with E-state index in [0.717, 1.165) is 55.5 Å². The molecule has 0 amide bonds. The first-order valence-corrected chi connectivity index (χ1v) is 9.80. The van der Waals surface area contributed by atoms with Gasteiger partial charge in [0.05, 0.1) is 5.69 Å². The quantitative estimate of drug-likeness (QED) is 0.658. The number of aryl methyl sites for hydroxylation is 1. The summed E-state index contributed by atoms with van der Waals surface area (Å²) in [5.41, 5.74) is 2.47. The number of piperazine rings is 1. The summed E-state index contributed by atoms with van der Waals surface area (Å²) < 4.78 is 7.45. The minimum atomic E-state index is -0.00482. The van der Waals surface area contributed by atoms with Crippen LogP contribution in [0.25, 0.3) is 5.65 Å². The van der Waals surface area contributed by atoms with Gasteiger partial charge in [-0.3, -0.25) is 19.0 Å². The van der Waals surface area contributed by atoms with E-state index in [-0.39, 0.29) is 5.56 Å². The summed E-state index contributed by atoms with van der Waals surface area (Å²) in [4.78, 5) is 21.9. The number of benzene rings is 1. The summed E-state index contributed by atoms with van der Waals surface area (Å²) >= 11 is 0. The molecule has 0 N–H and O–H groups in total. The topological polar surface area (TPSA) is 50.1 Å². The molecule has 146 valence electrons. The van der Waals surface area contributed by atoms with Crippen LogP contribution in [-0.2, 0) is 6.54 Å². The normalized spacial score (nSPS) is 15.8. The molecule has 3 aromatic rings. The van der Waals surface area contributed by atoms with Crippen molar-refractivity contribution in [1.82, 2.24) is 19.2 Å². The molecule has 0 aliphatic carbocycles. The van der Waals surface area contributed by atoms with Gasteiger partial charge in [-0.2, -0.15) is 0 Å². The minimum absolute atomic E-state index is 0.00482. The number of nitrogens with zero attached hydrogens (tertiary/aromatic N) is 4. The number of hydrogen-bond acceptors (Lipinski definition) is 5. The molecule has 6 nitrogen and oxygen atoms in total. The van der Waals surface area contributed by atoms with Crippen LogP contribution < -0.4 is 10.3 Å². The summed E-state index contributed by atoms with van der Waals surface area (Å²) in [6.45, 7) is 8.22. The van der Waals surface area contributed by atoms with Crippen molar-refractivity contribution >= 4 is 5.65 Å². The Morgan fingerprint density at radius 3 is 2.50 bits per heavy atom. The van der Waals surface area contributed by atoms with Crippen molar-refractivity contribution in [3.05, 3.63) is 76.3 Å². The Balaban J connectivity index is 1.29. The van der Waals surface area contributed by atoms with Crippen molar-refractivity contribution in [3.63, 3.8) is 0 Å². The number of aromatic nitrogens is 2. The molecule has 1 aliphatic rings. The van der Waals surface area contributed by atoms with E-state index in [1.54, 1.807) is 10.5 Å². The lowest BCUT2D eigenvalue weighted by Crippen LogP contribution is -2.47. The predicted octanol–water partition coefficient (Wildman–Crippen LogP) is 2.20. The summed E-state index contributed by atoms with van der Waals surface area (Å²) in [5, 5.41) is 0. The Kier molecular flexibility index (Phi) is 5.69. The predicted molar refractivity (Wildman–Crippen MR) is 110 cm³/mol. The molecule has 4 rings (SSSR count). The van der Waals surface area contributed by atoms with Crippen LogP contribution in [0.1, 0.15) is 11.4 Å². The van der Waals surface area contributed by atoms with Crippen LogP contribution in [-0.4, -0.2) is 58.5 Å². The molecule has 0 unspecified atom stereocenters. The number of hydrogen-bond donors (Lipinski definition) is 0. The highest BCUT2D eigenvalue weighted by Crippen LogP contribution is 2.10. The smallest absolute Gasteiger partial charge is 0.258 e. The molecule has 6 heteroatoms. The van der Waals surface area contributed by atoms with Crippen molar-refractivity contribution in [3.8, 4) is 5.75 Å². The number of pyridine rings is 1. The highest BCUT2D eigenvalue weighted by atomic mass is 16.5. The fraction of sp³-hybridized carbons (Fsp3) is 0.364. The maximum absolute atomic E-state index is 12.4. The summed E-state index contributed by atoms with van der Waals surface area (Å²) in [5.74, 6) is 0.921. The van der Waals surface area contributed by atoms with E-state index in [9.17, 15) is 4.79 Å². The molecule has 1 saturated heterocycles. The maximum atomic E-state index is 12.4. The van der Waals surface area contributed by atoms with E-state index in [2.05, 4.69) is 14.8 Å². The Labute approximate surface area is 165 Å². The monoisotopic (exact) mass is 378 g/mol. The van der Waals surface area contributed by atoms with Crippen molar-refractivity contribution < 1.29 is 4.74 Å². The number of ether oxygens (including phenoxy) is 1. The molecule has 1 fully saturated rings. The third-order valence-electron chi connectivity index (χ3n) is 5.20. The highest BCUT2D eigenvalue weighted by molar-refractivity contribution is 5.40. The van der Waals surface area contributed by atoms with Crippen LogP contribution in [0.4, 0.5) is 0 Å². The molecule has 2 aromatic heterocycles. The molecule has 0 radical (unpaired) electrons. The second-order valence-corrected chi connectivity index (χ2v) is 7.23. The van der Waals surface area contributed by atoms with Crippen LogP contribution >= 0.6 is 0 Å². The van der Waals surface area contributed by atoms with Gasteiger partial charge in [-0.25, -0.2) is 4.98 Å². The largest absolute Gasteiger partial charge is 0.492 e. The third-order valence-corrected chi connectivity index (χ3v) is 5.20. The average molecular weight is 378 g/mol. The summed E-state index contributed by atoms with van der Waals surface area (Å²) in [7, 11) is 0. The van der Waals surface area contributed by atoms with Crippen LogP contribution in [0.5, 0.6) is 5.75 Å². The van der Waals surface area contributed by atoms with E-state index >= 15 is 0 Å². The van der Waals surface area contributed by atoms with Gasteiger partial charge in [-0.15, -0.1) is 0 Å². The average Bonchev–Trinajstić information content (AvgIpc) is 2.70. The first kappa shape index (κ1) is 18.7. The fourth-order valence-corrected chi connectivity index (χ4v) is 3.65. The van der Waals surface area contributed by atoms with Gasteiger partial charge >= 0.3 is 0 Å². The molecule has 1 aromatic carbocycles. The van der Waals surface area contributed by atoms with E-state index < -0.39 is 0 Å². The first-order chi connectivity index (χ1) is 13.7. The van der Waals surface area contributed by atoms with Crippen LogP contribution in [0.3, 0.4) is 0 Å². The lowest BCUT2D eigenvalue weighted by molar-refractivity contribution is 0.111. The maximum Gasteiger partial charge on any atom is 0.258 e. The van der Waals surface area contributed by atoms with Crippen molar-refractivity contribution in [2.45, 2.75) is 13.5 Å². The standard InChI is InChI=1S/C22H26N4O2/c1-18-6-5-9-21-23-19(16-22(27)26(18)21)17-25-12-10-24(11-13-25)14-15-28-20-7-3-2-4-8-20/h2-9,16H,10-15,17H2,1H3. The second kappa shape index (κ2) is 8.54.